The van der Waals surface area contributed by atoms with Crippen LogP contribution in [-0.2, 0) is 5.41 Å². The van der Waals surface area contributed by atoms with Crippen LogP contribution >= 0.6 is 0 Å². The van der Waals surface area contributed by atoms with Gasteiger partial charge in [-0.05, 0) is 55.3 Å². The fourth-order valence-electron chi connectivity index (χ4n) is 3.93. The molecule has 0 spiro atoms. The summed E-state index contributed by atoms with van der Waals surface area (Å²) in [6.07, 6.45) is 0.902. The first-order chi connectivity index (χ1) is 15.3. The summed E-state index contributed by atoms with van der Waals surface area (Å²) in [5.41, 5.74) is 0.832. The molecule has 1 aliphatic rings. The number of hydrogen-bond acceptors (Lipinski definition) is 6. The number of benzene rings is 1. The lowest BCUT2D eigenvalue weighted by Gasteiger charge is -2.44. The molecule has 0 unspecified atom stereocenters. The van der Waals surface area contributed by atoms with E-state index < -0.39 is 17.4 Å². The third-order valence-corrected chi connectivity index (χ3v) is 5.69. The number of aromatic nitrogens is 3. The van der Waals surface area contributed by atoms with E-state index in [-0.39, 0.29) is 42.3 Å². The van der Waals surface area contributed by atoms with Crippen LogP contribution in [-0.4, -0.2) is 57.9 Å². The number of anilines is 1. The zero-order chi connectivity index (χ0) is 22.9. The molecule has 2 N–H and O–H groups in total. The van der Waals surface area contributed by atoms with E-state index in [2.05, 4.69) is 20.5 Å². The molecule has 0 atom stereocenters. The van der Waals surface area contributed by atoms with Gasteiger partial charge in [0.15, 0.2) is 0 Å². The average molecular weight is 439 g/mol. The van der Waals surface area contributed by atoms with Crippen molar-refractivity contribution in [1.82, 2.24) is 20.1 Å². The molecule has 0 radical (unpaired) electrons. The summed E-state index contributed by atoms with van der Waals surface area (Å²) in [6, 6.07) is 10.9. The lowest BCUT2D eigenvalue weighted by molar-refractivity contribution is 0.0824. The molecule has 0 bridgehead atoms. The Morgan fingerprint density at radius 2 is 2.00 bits per heavy atom. The Morgan fingerprint density at radius 3 is 2.62 bits per heavy atom. The second-order valence-corrected chi connectivity index (χ2v) is 8.21. The van der Waals surface area contributed by atoms with Crippen molar-refractivity contribution in [2.75, 3.05) is 26.0 Å². The number of rotatable bonds is 6. The van der Waals surface area contributed by atoms with Crippen LogP contribution in [0.4, 0.5) is 14.6 Å². The van der Waals surface area contributed by atoms with Gasteiger partial charge >= 0.3 is 0 Å². The van der Waals surface area contributed by atoms with Crippen molar-refractivity contribution < 1.29 is 18.7 Å². The molecule has 9 heteroatoms. The van der Waals surface area contributed by atoms with Crippen LogP contribution < -0.4 is 5.32 Å². The van der Waals surface area contributed by atoms with E-state index in [1.165, 1.54) is 29.3 Å². The number of aromatic hydroxyl groups is 1. The number of pyridine rings is 1. The summed E-state index contributed by atoms with van der Waals surface area (Å²) in [7, 11) is 3.21. The van der Waals surface area contributed by atoms with Crippen LogP contribution in [0, 0.1) is 5.82 Å². The number of amides is 1. The van der Waals surface area contributed by atoms with E-state index in [1.807, 2.05) is 0 Å². The van der Waals surface area contributed by atoms with Gasteiger partial charge in [0, 0.05) is 37.8 Å². The van der Waals surface area contributed by atoms with Crippen LogP contribution in [0.3, 0.4) is 0 Å². The molecular formula is C23H23F2N5O2. The quantitative estimate of drug-likeness (QED) is 0.610. The summed E-state index contributed by atoms with van der Waals surface area (Å²) >= 11 is 0. The van der Waals surface area contributed by atoms with Gasteiger partial charge in [-0.25, -0.2) is 8.78 Å². The molecule has 1 aliphatic carbocycles. The molecule has 7 nitrogen and oxygen atoms in total. The van der Waals surface area contributed by atoms with Crippen molar-refractivity contribution in [2.24, 2.45) is 0 Å². The Labute approximate surface area is 184 Å². The van der Waals surface area contributed by atoms with Gasteiger partial charge in [0.05, 0.1) is 17.0 Å². The van der Waals surface area contributed by atoms with E-state index in [0.717, 1.165) is 0 Å². The first kappa shape index (κ1) is 21.6. The second-order valence-electron chi connectivity index (χ2n) is 8.21. The van der Waals surface area contributed by atoms with Gasteiger partial charge in [-0.15, -0.1) is 10.2 Å². The minimum Gasteiger partial charge on any atom is -0.507 e. The molecule has 1 fully saturated rings. The highest BCUT2D eigenvalue weighted by Crippen LogP contribution is 2.45. The number of phenolic OH excluding ortho intramolecular Hbond substituents is 1. The van der Waals surface area contributed by atoms with Gasteiger partial charge < -0.3 is 15.3 Å². The van der Waals surface area contributed by atoms with Gasteiger partial charge in [0.2, 0.25) is 0 Å². The maximum absolute atomic E-state index is 14.3. The van der Waals surface area contributed by atoms with Crippen LogP contribution in [0.2, 0.25) is 0 Å². The van der Waals surface area contributed by atoms with Crippen LogP contribution in [0.15, 0.2) is 48.7 Å². The summed E-state index contributed by atoms with van der Waals surface area (Å²) in [4.78, 5) is 17.8. The molecular weight excluding hydrogens is 416 g/mol. The van der Waals surface area contributed by atoms with Gasteiger partial charge in [-0.1, -0.05) is 0 Å². The first-order valence-corrected chi connectivity index (χ1v) is 10.2. The van der Waals surface area contributed by atoms with E-state index in [0.29, 0.717) is 17.1 Å². The zero-order valence-electron chi connectivity index (χ0n) is 17.7. The van der Waals surface area contributed by atoms with Crippen molar-refractivity contribution in [2.45, 2.75) is 24.4 Å². The predicted octanol–water partition coefficient (Wildman–Crippen LogP) is 3.57. The third kappa shape index (κ3) is 4.10. The number of hydrogen-bond donors (Lipinski definition) is 2. The Kier molecular flexibility index (Phi) is 5.73. The van der Waals surface area contributed by atoms with E-state index in [4.69, 9.17) is 0 Å². The van der Waals surface area contributed by atoms with Gasteiger partial charge in [-0.3, -0.25) is 9.78 Å². The number of carbonyl (C=O) groups is 1. The maximum Gasteiger partial charge on any atom is 0.257 e. The van der Waals surface area contributed by atoms with Crippen molar-refractivity contribution in [3.05, 3.63) is 65.7 Å². The average Bonchev–Trinajstić information content (AvgIpc) is 2.76. The molecule has 0 aliphatic heterocycles. The summed E-state index contributed by atoms with van der Waals surface area (Å²) in [5, 5.41) is 21.5. The van der Waals surface area contributed by atoms with Crippen molar-refractivity contribution in [3.8, 4) is 17.0 Å². The maximum atomic E-state index is 14.3. The number of alkyl halides is 1. The molecule has 2 aromatic heterocycles. The predicted molar refractivity (Wildman–Crippen MR) is 116 cm³/mol. The highest BCUT2D eigenvalue weighted by molar-refractivity contribution is 5.97. The summed E-state index contributed by atoms with van der Waals surface area (Å²) < 4.78 is 28.0. The molecule has 0 saturated heterocycles. The molecule has 32 heavy (non-hydrogen) atoms. The normalized spacial score (nSPS) is 19.8. The second kappa shape index (κ2) is 8.49. The molecule has 1 saturated carbocycles. The van der Waals surface area contributed by atoms with Crippen LogP contribution in [0.25, 0.3) is 11.3 Å². The van der Waals surface area contributed by atoms with Crippen LogP contribution in [0.5, 0.6) is 5.75 Å². The fourth-order valence-corrected chi connectivity index (χ4v) is 3.93. The first-order valence-electron chi connectivity index (χ1n) is 10.2. The molecule has 1 aromatic carbocycles. The molecule has 4 rings (SSSR count). The van der Waals surface area contributed by atoms with Gasteiger partial charge in [-0.2, -0.15) is 0 Å². The van der Waals surface area contributed by atoms with Crippen molar-refractivity contribution in [3.63, 3.8) is 0 Å². The van der Waals surface area contributed by atoms with E-state index in [1.54, 1.807) is 38.4 Å². The SMILES string of the molecule is CN(C)C(=O)c1cc(-c2ccc(NCC3(c4ncccc4F)CC(F)C3)nn2)ccc1O. The summed E-state index contributed by atoms with van der Waals surface area (Å²) in [6.45, 7) is 0.274. The molecule has 1 amide bonds. The lowest BCUT2D eigenvalue weighted by atomic mass is 9.65. The smallest absolute Gasteiger partial charge is 0.257 e. The Hall–Kier alpha value is -3.62. The fraction of sp³-hybridized carbons (Fsp3) is 0.304. The number of nitrogens with one attached hydrogen (secondary N) is 1. The highest BCUT2D eigenvalue weighted by Gasteiger charge is 2.48. The van der Waals surface area contributed by atoms with Gasteiger partial charge in [0.1, 0.15) is 23.6 Å². The minimum absolute atomic E-state index is 0.114. The van der Waals surface area contributed by atoms with E-state index in [9.17, 15) is 18.7 Å². The topological polar surface area (TPSA) is 91.2 Å². The zero-order valence-corrected chi connectivity index (χ0v) is 17.7. The number of carbonyl (C=O) groups excluding carboxylic acids is 1. The Balaban J connectivity index is 1.51. The van der Waals surface area contributed by atoms with Crippen molar-refractivity contribution in [1.29, 1.82) is 0 Å². The monoisotopic (exact) mass is 439 g/mol. The number of halogens is 2. The highest BCUT2D eigenvalue weighted by atomic mass is 19.1. The molecule has 3 aromatic rings. The third-order valence-electron chi connectivity index (χ3n) is 5.69. The number of nitrogens with zero attached hydrogens (tertiary/aromatic N) is 4. The van der Waals surface area contributed by atoms with Crippen LogP contribution in [0.1, 0.15) is 28.9 Å². The molecule has 2 heterocycles. The molecule has 166 valence electrons. The Bertz CT molecular complexity index is 1130. The minimum atomic E-state index is -0.986. The van der Waals surface area contributed by atoms with Crippen molar-refractivity contribution >= 4 is 11.7 Å². The van der Waals surface area contributed by atoms with Gasteiger partial charge in [0.25, 0.3) is 5.91 Å². The standard InChI is InChI=1S/C23H23F2N5O2/c1-30(2)22(32)16-10-14(5-7-19(16)31)18-6-8-20(29-28-18)27-13-23(11-15(24)12-23)21-17(25)4-3-9-26-21/h3-10,15,31H,11-13H2,1-2H3,(H,27,29). The summed E-state index contributed by atoms with van der Waals surface area (Å²) in [5.74, 6) is -0.431. The largest absolute Gasteiger partial charge is 0.507 e. The lowest BCUT2D eigenvalue weighted by Crippen LogP contribution is -2.49. The van der Waals surface area contributed by atoms with E-state index >= 15 is 0 Å². The Morgan fingerprint density at radius 1 is 1.22 bits per heavy atom. The number of phenols is 1.